The monoisotopic (exact) mass is 263 g/mol. The molecule has 10 heteroatoms. The van der Waals surface area contributed by atoms with E-state index in [1.54, 1.807) is 0 Å². The van der Waals surface area contributed by atoms with E-state index in [0.717, 1.165) is 0 Å². The van der Waals surface area contributed by atoms with Crippen LogP contribution in [0.5, 0.6) is 0 Å². The second-order valence-corrected chi connectivity index (χ2v) is 3.30. The van der Waals surface area contributed by atoms with Crippen molar-refractivity contribution in [2.45, 2.75) is 19.0 Å². The molecule has 0 unspecified atom stereocenters. The van der Waals surface area contributed by atoms with Crippen LogP contribution in [0, 0.1) is 0 Å². The quantitative estimate of drug-likeness (QED) is 0.545. The largest absolute Gasteiger partial charge is 0.493 e. The smallest absolute Gasteiger partial charge is 0.308 e. The topological polar surface area (TPSA) is 94.7 Å². The SMILES string of the molecule is O=C1/C(=N/OC(=O)C(F)(F)F)CCc2nonc21. The second kappa shape index (κ2) is 4.20. The first-order chi connectivity index (χ1) is 8.39. The number of nitrogens with zero attached hydrogens (tertiary/aromatic N) is 3. The fraction of sp³-hybridized carbons (Fsp3) is 0.375. The van der Waals surface area contributed by atoms with Crippen LogP contribution < -0.4 is 0 Å². The summed E-state index contributed by atoms with van der Waals surface area (Å²) < 4.78 is 39.8. The minimum absolute atomic E-state index is 0.00875. The molecule has 1 aromatic rings. The van der Waals surface area contributed by atoms with Crippen molar-refractivity contribution in [3.8, 4) is 0 Å². The van der Waals surface area contributed by atoms with Gasteiger partial charge in [0.1, 0.15) is 11.4 Å². The van der Waals surface area contributed by atoms with Gasteiger partial charge in [-0.1, -0.05) is 10.3 Å². The average molecular weight is 263 g/mol. The molecule has 0 saturated heterocycles. The Labute approximate surface area is 96.5 Å². The fourth-order valence-corrected chi connectivity index (χ4v) is 1.27. The molecule has 96 valence electrons. The maximum atomic E-state index is 11.8. The van der Waals surface area contributed by atoms with Gasteiger partial charge >= 0.3 is 12.1 Å². The van der Waals surface area contributed by atoms with Crippen molar-refractivity contribution < 1.29 is 32.2 Å². The summed E-state index contributed by atoms with van der Waals surface area (Å²) in [6.45, 7) is 0. The number of aromatic nitrogens is 2. The first-order valence-corrected chi connectivity index (χ1v) is 4.60. The van der Waals surface area contributed by atoms with Crippen molar-refractivity contribution in [1.82, 2.24) is 10.3 Å². The van der Waals surface area contributed by atoms with Gasteiger partial charge in [-0.3, -0.25) is 4.79 Å². The molecule has 7 nitrogen and oxygen atoms in total. The van der Waals surface area contributed by atoms with E-state index in [-0.39, 0.29) is 24.2 Å². The molecule has 1 aliphatic rings. The molecule has 1 aromatic heterocycles. The van der Waals surface area contributed by atoms with Crippen LogP contribution in [0.3, 0.4) is 0 Å². The van der Waals surface area contributed by atoms with Crippen molar-refractivity contribution in [3.63, 3.8) is 0 Å². The number of hydrogen-bond acceptors (Lipinski definition) is 7. The molecule has 0 atom stereocenters. The Bertz CT molecular complexity index is 534. The van der Waals surface area contributed by atoms with E-state index < -0.39 is 17.9 Å². The van der Waals surface area contributed by atoms with Crippen LogP contribution in [0.4, 0.5) is 13.2 Å². The fourth-order valence-electron chi connectivity index (χ4n) is 1.27. The van der Waals surface area contributed by atoms with Gasteiger partial charge in [-0.2, -0.15) is 13.2 Å². The summed E-state index contributed by atoms with van der Waals surface area (Å²) in [5, 5.41) is 9.61. The minimum Gasteiger partial charge on any atom is -0.308 e. The Morgan fingerprint density at radius 2 is 2.06 bits per heavy atom. The van der Waals surface area contributed by atoms with Gasteiger partial charge in [0, 0.05) is 12.8 Å². The Balaban J connectivity index is 2.13. The van der Waals surface area contributed by atoms with Gasteiger partial charge in [-0.05, 0) is 5.16 Å². The maximum Gasteiger partial charge on any atom is 0.493 e. The molecule has 0 spiro atoms. The summed E-state index contributed by atoms with van der Waals surface area (Å²) in [6, 6.07) is 0. The number of ketones is 1. The van der Waals surface area contributed by atoms with Gasteiger partial charge in [-0.15, -0.1) is 0 Å². The number of oxime groups is 1. The lowest BCUT2D eigenvalue weighted by Crippen LogP contribution is -2.27. The van der Waals surface area contributed by atoms with E-state index >= 15 is 0 Å². The van der Waals surface area contributed by atoms with Crippen molar-refractivity contribution in [2.75, 3.05) is 0 Å². The third kappa shape index (κ3) is 2.21. The zero-order valence-corrected chi connectivity index (χ0v) is 8.52. The van der Waals surface area contributed by atoms with Gasteiger partial charge in [0.2, 0.25) is 5.78 Å². The molecule has 18 heavy (non-hydrogen) atoms. The zero-order valence-electron chi connectivity index (χ0n) is 8.52. The Morgan fingerprint density at radius 3 is 2.72 bits per heavy atom. The van der Waals surface area contributed by atoms with Crippen LogP contribution in [-0.2, 0) is 16.1 Å². The van der Waals surface area contributed by atoms with Crippen LogP contribution >= 0.6 is 0 Å². The summed E-state index contributed by atoms with van der Waals surface area (Å²) in [5.74, 6) is -3.26. The van der Waals surface area contributed by atoms with Crippen LogP contribution in [0.15, 0.2) is 9.78 Å². The number of alkyl halides is 3. The molecule has 0 aliphatic heterocycles. The molecular formula is C8H4F3N3O4. The molecule has 1 heterocycles. The summed E-state index contributed by atoms with van der Waals surface area (Å²) >= 11 is 0. The Morgan fingerprint density at radius 1 is 1.33 bits per heavy atom. The predicted octanol–water partition coefficient (Wildman–Crippen LogP) is 0.660. The summed E-state index contributed by atoms with van der Waals surface area (Å²) in [4.78, 5) is 25.6. The van der Waals surface area contributed by atoms with Gasteiger partial charge < -0.3 is 4.84 Å². The highest BCUT2D eigenvalue weighted by molar-refractivity contribution is 6.46. The van der Waals surface area contributed by atoms with E-state index in [4.69, 9.17) is 0 Å². The Hall–Kier alpha value is -2.26. The minimum atomic E-state index is -5.16. The van der Waals surface area contributed by atoms with E-state index in [2.05, 4.69) is 24.9 Å². The highest BCUT2D eigenvalue weighted by Gasteiger charge is 2.42. The molecule has 0 saturated carbocycles. The third-order valence-corrected chi connectivity index (χ3v) is 2.10. The van der Waals surface area contributed by atoms with Crippen molar-refractivity contribution >= 4 is 17.5 Å². The zero-order chi connectivity index (χ0) is 13.3. The highest BCUT2D eigenvalue weighted by Crippen LogP contribution is 2.19. The molecule has 1 aliphatic carbocycles. The number of rotatable bonds is 1. The van der Waals surface area contributed by atoms with Crippen molar-refractivity contribution in [3.05, 3.63) is 11.4 Å². The highest BCUT2D eigenvalue weighted by atomic mass is 19.4. The summed E-state index contributed by atoms with van der Waals surface area (Å²) in [7, 11) is 0. The van der Waals surface area contributed by atoms with E-state index in [0.29, 0.717) is 5.69 Å². The lowest BCUT2D eigenvalue weighted by atomic mass is 9.98. The molecule has 0 amide bonds. The summed E-state index contributed by atoms with van der Waals surface area (Å²) in [6.07, 6.45) is -4.96. The number of carbonyl (C=O) groups is 2. The van der Waals surface area contributed by atoms with Crippen LogP contribution in [0.25, 0.3) is 0 Å². The molecule has 0 bridgehead atoms. The van der Waals surface area contributed by atoms with E-state index in [1.807, 2.05) is 0 Å². The maximum absolute atomic E-state index is 11.8. The van der Waals surface area contributed by atoms with Crippen LogP contribution in [0.1, 0.15) is 22.6 Å². The molecule has 0 fully saturated rings. The predicted molar refractivity (Wildman–Crippen MR) is 46.5 cm³/mol. The van der Waals surface area contributed by atoms with Crippen LogP contribution in [-0.4, -0.2) is 34.0 Å². The lowest BCUT2D eigenvalue weighted by Gasteiger charge is -2.08. The van der Waals surface area contributed by atoms with Gasteiger partial charge in [-0.25, -0.2) is 9.42 Å². The molecule has 0 radical (unpaired) electrons. The number of Topliss-reactive ketones (excluding diaryl/α,β-unsaturated/α-hetero) is 1. The number of fused-ring (bicyclic) bond motifs is 1. The third-order valence-electron chi connectivity index (χ3n) is 2.10. The first-order valence-electron chi connectivity index (χ1n) is 4.60. The summed E-state index contributed by atoms with van der Waals surface area (Å²) in [5.41, 5.74) is -0.181. The molecular weight excluding hydrogens is 259 g/mol. The van der Waals surface area contributed by atoms with Gasteiger partial charge in [0.05, 0.1) is 0 Å². The Kier molecular flexibility index (Phi) is 2.85. The number of aryl methyl sites for hydroxylation is 1. The molecule has 0 aromatic carbocycles. The van der Waals surface area contributed by atoms with Gasteiger partial charge in [0.15, 0.2) is 5.69 Å². The van der Waals surface area contributed by atoms with E-state index in [9.17, 15) is 22.8 Å². The van der Waals surface area contributed by atoms with E-state index in [1.165, 1.54) is 0 Å². The normalized spacial score (nSPS) is 17.7. The number of hydrogen-bond donors (Lipinski definition) is 0. The van der Waals surface area contributed by atoms with Crippen molar-refractivity contribution in [2.24, 2.45) is 5.16 Å². The molecule has 2 rings (SSSR count). The average Bonchev–Trinajstić information content (AvgIpc) is 2.75. The first kappa shape index (κ1) is 12.2. The van der Waals surface area contributed by atoms with Crippen LogP contribution in [0.2, 0.25) is 0 Å². The van der Waals surface area contributed by atoms with Crippen molar-refractivity contribution in [1.29, 1.82) is 0 Å². The number of halogens is 3. The molecule has 0 N–H and O–H groups in total. The standard InChI is InChI=1S/C8H4F3N3O4/c9-8(10,11)7(16)17-12-4-2-1-3-5(6(4)15)14-18-13-3/h1-2H2/b12-4+. The van der Waals surface area contributed by atoms with Gasteiger partial charge in [0.25, 0.3) is 0 Å². The second-order valence-electron chi connectivity index (χ2n) is 3.30. The lowest BCUT2D eigenvalue weighted by molar-refractivity contribution is -0.199. The number of carbonyl (C=O) groups excluding carboxylic acids is 2.